The van der Waals surface area contributed by atoms with Crippen molar-refractivity contribution in [1.82, 2.24) is 0 Å². The van der Waals surface area contributed by atoms with E-state index in [9.17, 15) is 0 Å². The Bertz CT molecular complexity index is 313. The van der Waals surface area contributed by atoms with Crippen molar-refractivity contribution in [2.45, 2.75) is 64.8 Å². The summed E-state index contributed by atoms with van der Waals surface area (Å²) in [7, 11) is 0. The summed E-state index contributed by atoms with van der Waals surface area (Å²) >= 11 is 0. The van der Waals surface area contributed by atoms with Gasteiger partial charge in [-0.25, -0.2) is 0 Å². The quantitative estimate of drug-likeness (QED) is 0.548. The second-order valence-electron chi connectivity index (χ2n) is 7.87. The molecule has 0 aromatic carbocycles. The van der Waals surface area contributed by atoms with Gasteiger partial charge in [0.1, 0.15) is 5.84 Å². The van der Waals surface area contributed by atoms with Crippen molar-refractivity contribution in [1.29, 1.82) is 0 Å². The smallest absolute Gasteiger partial charge is 0.101 e. The zero-order chi connectivity index (χ0) is 12.3. The summed E-state index contributed by atoms with van der Waals surface area (Å²) in [6, 6.07) is 0. The predicted octanol–water partition coefficient (Wildman–Crippen LogP) is 3.36. The Kier molecular flexibility index (Phi) is 2.37. The molecule has 0 spiro atoms. The second kappa shape index (κ2) is 3.49. The van der Waals surface area contributed by atoms with Crippen LogP contribution in [0.2, 0.25) is 0 Å². The summed E-state index contributed by atoms with van der Waals surface area (Å²) in [6.07, 6.45) is 8.39. The number of hydrogen-bond donors (Lipinski definition) is 1. The van der Waals surface area contributed by atoms with Gasteiger partial charge in [0.2, 0.25) is 0 Å². The third-order valence-corrected chi connectivity index (χ3v) is 5.04. The molecule has 2 N–H and O–H groups in total. The van der Waals surface area contributed by atoms with Gasteiger partial charge in [0.15, 0.2) is 0 Å². The molecule has 0 aromatic heterocycles. The largest absolute Gasteiger partial charge is 0.387 e. The number of nitrogens with zero attached hydrogens (tertiary/aromatic N) is 1. The van der Waals surface area contributed by atoms with Gasteiger partial charge in [0.05, 0.1) is 5.54 Å². The molecule has 0 aromatic rings. The Hall–Kier alpha value is -0.530. The van der Waals surface area contributed by atoms with Crippen LogP contribution in [0.5, 0.6) is 0 Å². The van der Waals surface area contributed by atoms with Gasteiger partial charge in [-0.1, -0.05) is 0 Å². The van der Waals surface area contributed by atoms with Gasteiger partial charge in [0.25, 0.3) is 0 Å². The molecule has 4 saturated carbocycles. The number of amidine groups is 1. The minimum absolute atomic E-state index is 0.0204. The van der Waals surface area contributed by atoms with E-state index in [-0.39, 0.29) is 5.54 Å². The van der Waals surface area contributed by atoms with Gasteiger partial charge in [0, 0.05) is 5.41 Å². The lowest BCUT2D eigenvalue weighted by molar-refractivity contribution is -0.0133. The van der Waals surface area contributed by atoms with Gasteiger partial charge in [-0.15, -0.1) is 0 Å². The highest BCUT2D eigenvalue weighted by atomic mass is 14.9. The van der Waals surface area contributed by atoms with Crippen molar-refractivity contribution < 1.29 is 0 Å². The van der Waals surface area contributed by atoms with Crippen LogP contribution in [-0.2, 0) is 0 Å². The SMILES string of the molecule is CC(C)(C)N=C(N)C12CC3CC(CC(C3)C1)C2. The van der Waals surface area contributed by atoms with E-state index in [1.165, 1.54) is 38.5 Å². The molecule has 0 unspecified atom stereocenters. The van der Waals surface area contributed by atoms with Gasteiger partial charge in [-0.05, 0) is 77.0 Å². The third kappa shape index (κ3) is 2.00. The zero-order valence-corrected chi connectivity index (χ0v) is 11.5. The number of rotatable bonds is 1. The summed E-state index contributed by atoms with van der Waals surface area (Å²) in [5, 5.41) is 0. The first kappa shape index (κ1) is 11.6. The molecular formula is C15H26N2. The lowest BCUT2D eigenvalue weighted by atomic mass is 9.49. The molecule has 4 rings (SSSR count). The molecule has 2 nitrogen and oxygen atoms in total. The Labute approximate surface area is 105 Å². The molecule has 0 aliphatic heterocycles. The Morgan fingerprint density at radius 2 is 1.41 bits per heavy atom. The average Bonchev–Trinajstić information content (AvgIpc) is 2.12. The van der Waals surface area contributed by atoms with Gasteiger partial charge in [-0.2, -0.15) is 0 Å². The minimum atomic E-state index is -0.0204. The van der Waals surface area contributed by atoms with Gasteiger partial charge >= 0.3 is 0 Å². The van der Waals surface area contributed by atoms with Crippen LogP contribution in [0.25, 0.3) is 0 Å². The van der Waals surface area contributed by atoms with E-state index in [0.717, 1.165) is 23.6 Å². The van der Waals surface area contributed by atoms with Crippen LogP contribution in [0, 0.1) is 23.2 Å². The molecule has 4 aliphatic carbocycles. The normalized spacial score (nSPS) is 45.4. The Morgan fingerprint density at radius 1 is 1.00 bits per heavy atom. The van der Waals surface area contributed by atoms with Crippen LogP contribution in [0.4, 0.5) is 0 Å². The Morgan fingerprint density at radius 3 is 1.76 bits per heavy atom. The van der Waals surface area contributed by atoms with Gasteiger partial charge < -0.3 is 5.73 Å². The first-order valence-corrected chi connectivity index (χ1v) is 7.22. The van der Waals surface area contributed by atoms with Crippen LogP contribution in [0.15, 0.2) is 4.99 Å². The van der Waals surface area contributed by atoms with E-state index in [2.05, 4.69) is 20.8 Å². The van der Waals surface area contributed by atoms with Crippen molar-refractivity contribution >= 4 is 5.84 Å². The number of nitrogens with two attached hydrogens (primary N) is 1. The van der Waals surface area contributed by atoms with Crippen LogP contribution < -0.4 is 5.73 Å². The van der Waals surface area contributed by atoms with Crippen molar-refractivity contribution in [2.24, 2.45) is 33.9 Å². The van der Waals surface area contributed by atoms with Crippen molar-refractivity contribution in [3.05, 3.63) is 0 Å². The third-order valence-electron chi connectivity index (χ3n) is 5.04. The van der Waals surface area contributed by atoms with E-state index in [1.54, 1.807) is 0 Å². The summed E-state index contributed by atoms with van der Waals surface area (Å²) in [5.74, 6) is 3.84. The van der Waals surface area contributed by atoms with E-state index in [1.807, 2.05) is 0 Å². The molecule has 17 heavy (non-hydrogen) atoms. The summed E-state index contributed by atoms with van der Waals surface area (Å²) in [4.78, 5) is 4.79. The molecule has 0 saturated heterocycles. The molecule has 4 fully saturated rings. The predicted molar refractivity (Wildman–Crippen MR) is 72.0 cm³/mol. The Balaban J connectivity index is 1.89. The molecule has 4 bridgehead atoms. The first-order chi connectivity index (χ1) is 7.86. The molecular weight excluding hydrogens is 208 g/mol. The van der Waals surface area contributed by atoms with Crippen molar-refractivity contribution in [2.75, 3.05) is 0 Å². The highest BCUT2D eigenvalue weighted by Gasteiger charge is 2.52. The van der Waals surface area contributed by atoms with Crippen LogP contribution in [0.1, 0.15) is 59.3 Å². The summed E-state index contributed by atoms with van der Waals surface area (Å²) < 4.78 is 0. The maximum atomic E-state index is 6.41. The first-order valence-electron chi connectivity index (χ1n) is 7.22. The van der Waals surface area contributed by atoms with Crippen LogP contribution in [0.3, 0.4) is 0 Å². The topological polar surface area (TPSA) is 38.4 Å². The highest BCUT2D eigenvalue weighted by Crippen LogP contribution is 2.60. The molecule has 0 atom stereocenters. The second-order valence-corrected chi connectivity index (χ2v) is 7.87. The average molecular weight is 234 g/mol. The van der Waals surface area contributed by atoms with Crippen LogP contribution >= 0.6 is 0 Å². The maximum Gasteiger partial charge on any atom is 0.101 e. The molecule has 0 heterocycles. The number of hydrogen-bond acceptors (Lipinski definition) is 1. The minimum Gasteiger partial charge on any atom is -0.387 e. The fourth-order valence-electron chi connectivity index (χ4n) is 4.90. The summed E-state index contributed by atoms with van der Waals surface area (Å²) in [6.45, 7) is 6.46. The molecule has 96 valence electrons. The van der Waals surface area contributed by atoms with E-state index in [0.29, 0.717) is 5.41 Å². The molecule has 4 aliphatic rings. The lowest BCUT2D eigenvalue weighted by Crippen LogP contribution is -2.52. The van der Waals surface area contributed by atoms with E-state index >= 15 is 0 Å². The fourth-order valence-corrected chi connectivity index (χ4v) is 4.90. The van der Waals surface area contributed by atoms with Crippen LogP contribution in [-0.4, -0.2) is 11.4 Å². The fraction of sp³-hybridized carbons (Fsp3) is 0.933. The molecule has 0 radical (unpaired) electrons. The summed E-state index contributed by atoms with van der Waals surface area (Å²) in [5.41, 5.74) is 6.68. The van der Waals surface area contributed by atoms with Gasteiger partial charge in [-0.3, -0.25) is 4.99 Å². The molecule has 0 amide bonds. The lowest BCUT2D eigenvalue weighted by Gasteiger charge is -2.56. The molecule has 2 heteroatoms. The zero-order valence-electron chi connectivity index (χ0n) is 11.5. The van der Waals surface area contributed by atoms with Crippen molar-refractivity contribution in [3.8, 4) is 0 Å². The maximum absolute atomic E-state index is 6.41. The number of aliphatic imine (C=N–C) groups is 1. The van der Waals surface area contributed by atoms with E-state index < -0.39 is 0 Å². The monoisotopic (exact) mass is 234 g/mol. The standard InChI is InChI=1S/C15H26N2/c1-14(2,3)17-13(16)15-7-10-4-11(8-15)6-12(5-10)9-15/h10-12H,4-9H2,1-3H3,(H2,16,17). The highest BCUT2D eigenvalue weighted by molar-refractivity contribution is 5.87. The van der Waals surface area contributed by atoms with Crippen molar-refractivity contribution in [3.63, 3.8) is 0 Å². The van der Waals surface area contributed by atoms with E-state index in [4.69, 9.17) is 10.7 Å².